The second kappa shape index (κ2) is 11.1. The van der Waals surface area contributed by atoms with Crippen molar-refractivity contribution in [1.29, 1.82) is 0 Å². The van der Waals surface area contributed by atoms with Crippen molar-refractivity contribution in [3.8, 4) is 0 Å². The van der Waals surface area contributed by atoms with Gasteiger partial charge in [0, 0.05) is 16.7 Å². The van der Waals surface area contributed by atoms with Gasteiger partial charge in [0.25, 0.3) is 5.91 Å². The molecule has 10 heteroatoms. The number of ketones is 1. The van der Waals surface area contributed by atoms with Crippen LogP contribution >= 0.6 is 0 Å². The van der Waals surface area contributed by atoms with Crippen LogP contribution < -0.4 is 11.5 Å². The van der Waals surface area contributed by atoms with Crippen molar-refractivity contribution in [2.24, 2.45) is 16.5 Å². The van der Waals surface area contributed by atoms with Gasteiger partial charge in [0.1, 0.15) is 36.3 Å². The van der Waals surface area contributed by atoms with E-state index in [2.05, 4.69) is 4.99 Å². The van der Waals surface area contributed by atoms with Crippen LogP contribution in [0.5, 0.6) is 0 Å². The molecule has 2 aromatic rings. The van der Waals surface area contributed by atoms with Crippen molar-refractivity contribution < 1.29 is 29.6 Å². The quantitative estimate of drug-likeness (QED) is 0.343. The minimum atomic E-state index is -1.55. The van der Waals surface area contributed by atoms with E-state index in [0.717, 1.165) is 16.0 Å². The lowest BCUT2D eigenvalue weighted by Crippen LogP contribution is -2.58. The highest BCUT2D eigenvalue weighted by Gasteiger charge is 2.50. The third kappa shape index (κ3) is 5.58. The van der Waals surface area contributed by atoms with E-state index in [1.54, 1.807) is 24.3 Å². The SMILES string of the molecule is CC(C)(C)c1ccccc1C(=O)C1=C([C@@H]2O[C@H](CO)[C@@H](O)[C@H]2O)C(N)N(C(=O)c2ccccc2C(C)(C)C)C(N)=N1. The average Bonchev–Trinajstić information content (AvgIpc) is 3.19. The van der Waals surface area contributed by atoms with Gasteiger partial charge in [-0.2, -0.15) is 0 Å². The molecule has 0 spiro atoms. The van der Waals surface area contributed by atoms with Gasteiger partial charge < -0.3 is 31.5 Å². The number of aliphatic hydroxyl groups is 3. The number of allylic oxidation sites excluding steroid dienone is 1. The first-order valence-corrected chi connectivity index (χ1v) is 13.6. The number of ether oxygens (including phenoxy) is 1. The van der Waals surface area contributed by atoms with Crippen molar-refractivity contribution in [3.63, 3.8) is 0 Å². The van der Waals surface area contributed by atoms with E-state index >= 15 is 0 Å². The summed E-state index contributed by atoms with van der Waals surface area (Å²) in [6, 6.07) is 14.1. The fraction of sp³-hybridized carbons (Fsp3) is 0.452. The molecule has 2 aliphatic rings. The van der Waals surface area contributed by atoms with Crippen molar-refractivity contribution >= 4 is 17.6 Å². The minimum absolute atomic E-state index is 0.0167. The van der Waals surface area contributed by atoms with Gasteiger partial charge in [0.15, 0.2) is 0 Å². The Morgan fingerprint density at radius 1 is 0.902 bits per heavy atom. The van der Waals surface area contributed by atoms with Crippen molar-refractivity contribution in [2.75, 3.05) is 6.61 Å². The average molecular weight is 565 g/mol. The standard InChI is InChI=1S/C31H40N4O6/c1-30(2,3)18-13-9-7-11-16(18)23(37)22-21(26-25(39)24(38)20(15-36)41-26)27(32)35(29(33)34-22)28(40)17-12-8-10-14-19(17)31(4,5)6/h7-14,20,24-27,36,38-39H,15,32H2,1-6H3,(H2,33,34)/t20-,24-,25-,26+,27?/m1/s1. The van der Waals surface area contributed by atoms with E-state index < -0.39 is 59.7 Å². The number of aliphatic imine (C=N–C) groups is 1. The number of nitrogens with two attached hydrogens (primary N) is 2. The molecule has 0 saturated carbocycles. The number of carbonyl (C=O) groups is 2. The summed E-state index contributed by atoms with van der Waals surface area (Å²) in [5, 5.41) is 31.2. The van der Waals surface area contributed by atoms with E-state index in [-0.39, 0.29) is 17.2 Å². The summed E-state index contributed by atoms with van der Waals surface area (Å²) in [5.74, 6) is -1.36. The molecule has 2 aliphatic heterocycles. The van der Waals surface area contributed by atoms with E-state index in [1.165, 1.54) is 0 Å². The van der Waals surface area contributed by atoms with Crippen LogP contribution in [0.15, 0.2) is 64.8 Å². The predicted molar refractivity (Wildman–Crippen MR) is 155 cm³/mol. The van der Waals surface area contributed by atoms with Crippen LogP contribution in [-0.4, -0.2) is 75.1 Å². The van der Waals surface area contributed by atoms with Crippen LogP contribution in [0.25, 0.3) is 0 Å². The van der Waals surface area contributed by atoms with Crippen molar-refractivity contribution in [3.05, 3.63) is 82.1 Å². The Hall–Kier alpha value is -3.41. The number of hydrogen-bond donors (Lipinski definition) is 5. The third-order valence-corrected chi connectivity index (χ3v) is 7.57. The van der Waals surface area contributed by atoms with Crippen LogP contribution in [-0.2, 0) is 15.6 Å². The van der Waals surface area contributed by atoms with E-state index in [9.17, 15) is 24.9 Å². The first-order valence-electron chi connectivity index (χ1n) is 13.6. The molecular formula is C31H40N4O6. The topological polar surface area (TPSA) is 172 Å². The maximum absolute atomic E-state index is 14.2. The lowest BCUT2D eigenvalue weighted by Gasteiger charge is -2.37. The molecule has 2 heterocycles. The fourth-order valence-electron chi connectivity index (χ4n) is 5.44. The number of hydrogen-bond acceptors (Lipinski definition) is 9. The zero-order chi connectivity index (χ0) is 30.4. The van der Waals surface area contributed by atoms with Crippen LogP contribution in [0.1, 0.15) is 73.4 Å². The summed E-state index contributed by atoms with van der Waals surface area (Å²) < 4.78 is 5.82. The molecule has 0 radical (unpaired) electrons. The van der Waals surface area contributed by atoms with E-state index in [1.807, 2.05) is 65.8 Å². The number of benzene rings is 2. The number of aliphatic hydroxyl groups excluding tert-OH is 3. The predicted octanol–water partition coefficient (Wildman–Crippen LogP) is 1.96. The van der Waals surface area contributed by atoms with Crippen LogP contribution in [0, 0.1) is 0 Å². The Labute approximate surface area is 240 Å². The first kappa shape index (κ1) is 30.5. The Bertz CT molecular complexity index is 1400. The highest BCUT2D eigenvalue weighted by molar-refractivity contribution is 6.14. The number of amides is 1. The molecule has 0 bridgehead atoms. The molecule has 1 saturated heterocycles. The Kier molecular flexibility index (Phi) is 8.28. The molecule has 1 unspecified atom stereocenters. The molecule has 4 rings (SSSR count). The summed E-state index contributed by atoms with van der Waals surface area (Å²) >= 11 is 0. The number of carbonyl (C=O) groups excluding carboxylic acids is 2. The van der Waals surface area contributed by atoms with E-state index in [4.69, 9.17) is 16.2 Å². The monoisotopic (exact) mass is 564 g/mol. The van der Waals surface area contributed by atoms with Gasteiger partial charge in [-0.1, -0.05) is 84.0 Å². The molecular weight excluding hydrogens is 524 g/mol. The maximum Gasteiger partial charge on any atom is 0.262 e. The second-order valence-electron chi connectivity index (χ2n) is 12.6. The zero-order valence-electron chi connectivity index (χ0n) is 24.3. The van der Waals surface area contributed by atoms with Gasteiger partial charge >= 0.3 is 0 Å². The highest BCUT2D eigenvalue weighted by atomic mass is 16.6. The zero-order valence-corrected chi connectivity index (χ0v) is 24.3. The third-order valence-electron chi connectivity index (χ3n) is 7.57. The molecule has 41 heavy (non-hydrogen) atoms. The van der Waals surface area contributed by atoms with Crippen molar-refractivity contribution in [2.45, 2.75) is 83.0 Å². The summed E-state index contributed by atoms with van der Waals surface area (Å²) in [4.78, 5) is 33.7. The lowest BCUT2D eigenvalue weighted by molar-refractivity contribution is -0.0159. The number of nitrogens with zero attached hydrogens (tertiary/aromatic N) is 2. The second-order valence-corrected chi connectivity index (χ2v) is 12.6. The summed E-state index contributed by atoms with van der Waals surface area (Å²) in [6.07, 6.45) is -6.87. The minimum Gasteiger partial charge on any atom is -0.394 e. The van der Waals surface area contributed by atoms with Crippen LogP contribution in [0.3, 0.4) is 0 Å². The van der Waals surface area contributed by atoms with Crippen molar-refractivity contribution in [1.82, 2.24) is 4.90 Å². The fourth-order valence-corrected chi connectivity index (χ4v) is 5.44. The molecule has 10 nitrogen and oxygen atoms in total. The van der Waals surface area contributed by atoms with Crippen LogP contribution in [0.2, 0.25) is 0 Å². The van der Waals surface area contributed by atoms with Gasteiger partial charge in [-0.15, -0.1) is 0 Å². The summed E-state index contributed by atoms with van der Waals surface area (Å²) in [7, 11) is 0. The van der Waals surface area contributed by atoms with Gasteiger partial charge in [0.05, 0.1) is 6.61 Å². The largest absolute Gasteiger partial charge is 0.394 e. The van der Waals surface area contributed by atoms with E-state index in [0.29, 0.717) is 11.1 Å². The molecule has 7 N–H and O–H groups in total. The molecule has 1 fully saturated rings. The Morgan fingerprint density at radius 3 is 1.93 bits per heavy atom. The van der Waals surface area contributed by atoms with Gasteiger partial charge in [-0.25, -0.2) is 4.99 Å². The van der Waals surface area contributed by atoms with Gasteiger partial charge in [-0.3, -0.25) is 14.5 Å². The molecule has 220 valence electrons. The molecule has 1 amide bonds. The Balaban J connectivity index is 1.90. The number of Topliss-reactive ketones (excluding diaryl/α,β-unsaturated/α-hetero) is 1. The first-order chi connectivity index (χ1) is 19.1. The van der Waals surface area contributed by atoms with Crippen LogP contribution in [0.4, 0.5) is 0 Å². The van der Waals surface area contributed by atoms with Gasteiger partial charge in [0.2, 0.25) is 11.7 Å². The smallest absolute Gasteiger partial charge is 0.262 e. The molecule has 0 aromatic heterocycles. The summed E-state index contributed by atoms with van der Waals surface area (Å²) in [5.41, 5.74) is 14.3. The van der Waals surface area contributed by atoms with Gasteiger partial charge in [-0.05, 0) is 28.0 Å². The lowest BCUT2D eigenvalue weighted by atomic mass is 9.81. The maximum atomic E-state index is 14.2. The molecule has 5 atom stereocenters. The normalized spacial score (nSPS) is 25.4. The number of rotatable bonds is 5. The molecule has 0 aliphatic carbocycles. The Morgan fingerprint density at radius 2 is 1.41 bits per heavy atom. The number of guanidine groups is 1. The summed E-state index contributed by atoms with van der Waals surface area (Å²) in [6.45, 7) is 11.2. The molecule has 2 aromatic carbocycles. The highest BCUT2D eigenvalue weighted by Crippen LogP contribution is 2.36.